The lowest BCUT2D eigenvalue weighted by atomic mass is 10.1. The molecule has 21 heavy (non-hydrogen) atoms. The molecule has 0 spiro atoms. The first kappa shape index (κ1) is 14.0. The van der Waals surface area contributed by atoms with E-state index in [1.165, 1.54) is 25.9 Å². The van der Waals surface area contributed by atoms with Crippen molar-refractivity contribution in [2.24, 2.45) is 5.92 Å². The van der Waals surface area contributed by atoms with Gasteiger partial charge in [-0.25, -0.2) is 9.48 Å². The van der Waals surface area contributed by atoms with Gasteiger partial charge in [0.2, 0.25) is 0 Å². The molecule has 1 saturated heterocycles. The molecule has 112 valence electrons. The van der Waals surface area contributed by atoms with Crippen molar-refractivity contribution in [3.05, 3.63) is 23.8 Å². The van der Waals surface area contributed by atoms with Crippen molar-refractivity contribution in [2.75, 3.05) is 19.6 Å². The van der Waals surface area contributed by atoms with Gasteiger partial charge in [0, 0.05) is 13.1 Å². The Morgan fingerprint density at radius 2 is 2.10 bits per heavy atom. The molecule has 1 aliphatic rings. The van der Waals surface area contributed by atoms with E-state index in [1.807, 2.05) is 4.68 Å². The average Bonchev–Trinajstić information content (AvgIpc) is 3.08. The normalized spacial score (nSPS) is 17.4. The van der Waals surface area contributed by atoms with Crippen LogP contribution in [0.25, 0.3) is 11.0 Å². The molecule has 1 atom stereocenters. The third-order valence-electron chi connectivity index (χ3n) is 4.01. The van der Waals surface area contributed by atoms with Gasteiger partial charge in [-0.15, -0.1) is 5.10 Å². The number of aromatic nitrogens is 3. The number of hydrogen-bond donors (Lipinski definition) is 1. The van der Waals surface area contributed by atoms with E-state index in [1.54, 1.807) is 18.2 Å². The van der Waals surface area contributed by atoms with E-state index >= 15 is 0 Å². The molecular weight excluding hydrogens is 268 g/mol. The maximum absolute atomic E-state index is 11.0. The molecule has 0 saturated carbocycles. The van der Waals surface area contributed by atoms with Crippen LogP contribution in [0.4, 0.5) is 0 Å². The van der Waals surface area contributed by atoms with Crippen LogP contribution in [0.2, 0.25) is 0 Å². The van der Waals surface area contributed by atoms with Crippen LogP contribution in [0.15, 0.2) is 18.2 Å². The van der Waals surface area contributed by atoms with Crippen LogP contribution in [-0.2, 0) is 6.54 Å². The molecular formula is C15H20N4O2. The molecule has 0 radical (unpaired) electrons. The number of benzene rings is 1. The van der Waals surface area contributed by atoms with E-state index in [9.17, 15) is 4.79 Å². The van der Waals surface area contributed by atoms with Gasteiger partial charge in [0.25, 0.3) is 0 Å². The molecule has 1 aliphatic heterocycles. The minimum atomic E-state index is -0.936. The molecule has 2 aromatic rings. The van der Waals surface area contributed by atoms with Crippen LogP contribution in [0.5, 0.6) is 0 Å². The Kier molecular flexibility index (Phi) is 3.88. The van der Waals surface area contributed by atoms with Crippen molar-refractivity contribution in [3.63, 3.8) is 0 Å². The number of rotatable bonds is 5. The summed E-state index contributed by atoms with van der Waals surface area (Å²) in [6.45, 7) is 6.50. The van der Waals surface area contributed by atoms with Gasteiger partial charge in [-0.05, 0) is 50.0 Å². The van der Waals surface area contributed by atoms with E-state index in [4.69, 9.17) is 5.11 Å². The van der Waals surface area contributed by atoms with Crippen LogP contribution in [0.3, 0.4) is 0 Å². The van der Waals surface area contributed by atoms with Gasteiger partial charge in [0.05, 0.1) is 11.1 Å². The molecule has 0 bridgehead atoms. The topological polar surface area (TPSA) is 71.2 Å². The smallest absolute Gasteiger partial charge is 0.335 e. The fourth-order valence-electron chi connectivity index (χ4n) is 3.00. The summed E-state index contributed by atoms with van der Waals surface area (Å²) >= 11 is 0. The molecule has 6 heteroatoms. The van der Waals surface area contributed by atoms with Crippen molar-refractivity contribution in [3.8, 4) is 0 Å². The van der Waals surface area contributed by atoms with Crippen molar-refractivity contribution < 1.29 is 9.90 Å². The Hall–Kier alpha value is -1.95. The Bertz CT molecular complexity index is 646. The molecule has 1 N–H and O–H groups in total. The van der Waals surface area contributed by atoms with E-state index < -0.39 is 5.97 Å². The molecule has 3 rings (SSSR count). The monoisotopic (exact) mass is 288 g/mol. The minimum Gasteiger partial charge on any atom is -0.478 e. The Balaban J connectivity index is 1.73. The van der Waals surface area contributed by atoms with Crippen LogP contribution in [0, 0.1) is 5.92 Å². The first-order chi connectivity index (χ1) is 10.1. The predicted octanol–water partition coefficient (Wildman–Crippen LogP) is 1.86. The number of hydrogen-bond acceptors (Lipinski definition) is 4. The number of aromatic carboxylic acids is 1. The quantitative estimate of drug-likeness (QED) is 0.909. The first-order valence-electron chi connectivity index (χ1n) is 7.42. The second-order valence-corrected chi connectivity index (χ2v) is 5.89. The molecule has 0 amide bonds. The van der Waals surface area contributed by atoms with E-state index in [0.29, 0.717) is 11.4 Å². The Labute approximate surface area is 123 Å². The molecule has 1 aromatic heterocycles. The van der Waals surface area contributed by atoms with E-state index in [-0.39, 0.29) is 5.56 Å². The second kappa shape index (κ2) is 5.81. The maximum Gasteiger partial charge on any atom is 0.335 e. The van der Waals surface area contributed by atoms with E-state index in [0.717, 1.165) is 18.6 Å². The van der Waals surface area contributed by atoms with Gasteiger partial charge >= 0.3 is 5.97 Å². The summed E-state index contributed by atoms with van der Waals surface area (Å²) < 4.78 is 1.88. The highest BCUT2D eigenvalue weighted by Crippen LogP contribution is 2.16. The fourth-order valence-corrected chi connectivity index (χ4v) is 3.00. The number of likely N-dealkylation sites (tertiary alicyclic amines) is 1. The fraction of sp³-hybridized carbons (Fsp3) is 0.533. The van der Waals surface area contributed by atoms with Crippen molar-refractivity contribution in [2.45, 2.75) is 26.3 Å². The highest BCUT2D eigenvalue weighted by Gasteiger charge is 2.16. The number of carboxylic acids is 1. The number of fused-ring (bicyclic) bond motifs is 1. The van der Waals surface area contributed by atoms with E-state index in [2.05, 4.69) is 22.1 Å². The number of nitrogens with zero attached hydrogens (tertiary/aromatic N) is 4. The van der Waals surface area contributed by atoms with Crippen molar-refractivity contribution in [1.82, 2.24) is 19.9 Å². The predicted molar refractivity (Wildman–Crippen MR) is 79.3 cm³/mol. The zero-order chi connectivity index (χ0) is 14.8. The third kappa shape index (κ3) is 3.05. The SMILES string of the molecule is CC(CN1CCCC1)Cn1nnc2cc(C(=O)O)ccc21. The lowest BCUT2D eigenvalue weighted by molar-refractivity contribution is 0.0697. The highest BCUT2D eigenvalue weighted by atomic mass is 16.4. The Morgan fingerprint density at radius 3 is 2.81 bits per heavy atom. The summed E-state index contributed by atoms with van der Waals surface area (Å²) in [5, 5.41) is 17.2. The zero-order valence-electron chi connectivity index (χ0n) is 12.2. The van der Waals surface area contributed by atoms with Gasteiger partial charge in [0.1, 0.15) is 5.52 Å². The average molecular weight is 288 g/mol. The number of carboxylic acid groups (broad SMARTS) is 1. The summed E-state index contributed by atoms with van der Waals surface area (Å²) in [6.07, 6.45) is 2.61. The van der Waals surface area contributed by atoms with Crippen molar-refractivity contribution in [1.29, 1.82) is 0 Å². The second-order valence-electron chi connectivity index (χ2n) is 5.89. The summed E-state index contributed by atoms with van der Waals surface area (Å²) in [6, 6.07) is 4.98. The lowest BCUT2D eigenvalue weighted by Crippen LogP contribution is -2.27. The summed E-state index contributed by atoms with van der Waals surface area (Å²) in [5.74, 6) is -0.444. The Morgan fingerprint density at radius 1 is 1.33 bits per heavy atom. The minimum absolute atomic E-state index is 0.250. The van der Waals surface area contributed by atoms with Gasteiger partial charge in [-0.3, -0.25) is 0 Å². The highest BCUT2D eigenvalue weighted by molar-refractivity contribution is 5.92. The molecule has 6 nitrogen and oxygen atoms in total. The maximum atomic E-state index is 11.0. The van der Waals surface area contributed by atoms with Gasteiger partial charge in [0.15, 0.2) is 0 Å². The van der Waals surface area contributed by atoms with Crippen molar-refractivity contribution >= 4 is 17.0 Å². The zero-order valence-corrected chi connectivity index (χ0v) is 12.2. The van der Waals surface area contributed by atoms with Crippen LogP contribution in [0.1, 0.15) is 30.1 Å². The molecule has 1 aromatic carbocycles. The van der Waals surface area contributed by atoms with Crippen LogP contribution in [-0.4, -0.2) is 50.6 Å². The van der Waals surface area contributed by atoms with Gasteiger partial charge in [-0.1, -0.05) is 12.1 Å². The molecule has 1 fully saturated rings. The molecule has 1 unspecified atom stereocenters. The van der Waals surface area contributed by atoms with Crippen LogP contribution < -0.4 is 0 Å². The summed E-state index contributed by atoms with van der Waals surface area (Å²) in [4.78, 5) is 13.5. The molecule has 2 heterocycles. The number of carbonyl (C=O) groups is 1. The lowest BCUT2D eigenvalue weighted by Gasteiger charge is -2.20. The first-order valence-corrected chi connectivity index (χ1v) is 7.42. The van der Waals surface area contributed by atoms with Crippen LogP contribution >= 0.6 is 0 Å². The summed E-state index contributed by atoms with van der Waals surface area (Å²) in [7, 11) is 0. The standard InChI is InChI=1S/C15H20N4O2/c1-11(9-18-6-2-3-7-18)10-19-14-5-4-12(15(20)21)8-13(14)16-17-19/h4-5,8,11H,2-3,6-7,9-10H2,1H3,(H,20,21). The summed E-state index contributed by atoms with van der Waals surface area (Å²) in [5.41, 5.74) is 1.79. The largest absolute Gasteiger partial charge is 0.478 e. The van der Waals surface area contributed by atoms with Gasteiger partial charge < -0.3 is 10.0 Å². The third-order valence-corrected chi connectivity index (χ3v) is 4.01. The molecule has 0 aliphatic carbocycles. The van der Waals surface area contributed by atoms with Gasteiger partial charge in [-0.2, -0.15) is 0 Å².